The first-order chi connectivity index (χ1) is 6.88. The molecule has 0 bridgehead atoms. The van der Waals surface area contributed by atoms with Crippen LogP contribution in [0, 0.1) is 12.7 Å². The minimum atomic E-state index is -1.22. The molecule has 0 saturated heterocycles. The van der Waals surface area contributed by atoms with Crippen molar-refractivity contribution in [3.63, 3.8) is 0 Å². The maximum absolute atomic E-state index is 13.2. The minimum Gasteiger partial charge on any atom is -0.387 e. The topological polar surface area (TPSA) is 40.5 Å². The SMILES string of the molecule is CCC(C)(O)C(O)c1ccc(C)c(F)c1. The molecule has 1 rings (SSSR count). The van der Waals surface area contributed by atoms with Crippen molar-refractivity contribution in [1.29, 1.82) is 0 Å². The van der Waals surface area contributed by atoms with E-state index in [9.17, 15) is 14.6 Å². The summed E-state index contributed by atoms with van der Waals surface area (Å²) in [5.74, 6) is -0.363. The molecule has 0 amide bonds. The highest BCUT2D eigenvalue weighted by atomic mass is 19.1. The van der Waals surface area contributed by atoms with Gasteiger partial charge in [-0.05, 0) is 37.5 Å². The summed E-state index contributed by atoms with van der Waals surface area (Å²) < 4.78 is 13.2. The van der Waals surface area contributed by atoms with Crippen LogP contribution in [-0.2, 0) is 0 Å². The summed E-state index contributed by atoms with van der Waals surface area (Å²) in [6.07, 6.45) is -0.651. The Morgan fingerprint density at radius 2 is 2.07 bits per heavy atom. The maximum Gasteiger partial charge on any atom is 0.126 e. The molecule has 0 saturated carbocycles. The molecule has 84 valence electrons. The molecule has 3 heteroatoms. The zero-order valence-corrected chi connectivity index (χ0v) is 9.29. The molecule has 0 aliphatic rings. The van der Waals surface area contributed by atoms with Crippen LogP contribution in [0.3, 0.4) is 0 Å². The summed E-state index contributed by atoms with van der Waals surface area (Å²) >= 11 is 0. The van der Waals surface area contributed by atoms with Crippen LogP contribution in [0.25, 0.3) is 0 Å². The molecule has 0 spiro atoms. The lowest BCUT2D eigenvalue weighted by molar-refractivity contribution is -0.0659. The lowest BCUT2D eigenvalue weighted by Crippen LogP contribution is -2.31. The van der Waals surface area contributed by atoms with Gasteiger partial charge in [0, 0.05) is 0 Å². The molecule has 15 heavy (non-hydrogen) atoms. The standard InChI is InChI=1S/C12H17FO2/c1-4-12(3,15)11(14)9-6-5-8(2)10(13)7-9/h5-7,11,14-15H,4H2,1-3H3. The quantitative estimate of drug-likeness (QED) is 0.807. The van der Waals surface area contributed by atoms with Crippen LogP contribution in [0.5, 0.6) is 0 Å². The average Bonchev–Trinajstić information content (AvgIpc) is 2.21. The monoisotopic (exact) mass is 212 g/mol. The lowest BCUT2D eigenvalue weighted by atomic mass is 9.90. The summed E-state index contributed by atoms with van der Waals surface area (Å²) in [7, 11) is 0. The summed E-state index contributed by atoms with van der Waals surface area (Å²) in [5.41, 5.74) is -0.283. The van der Waals surface area contributed by atoms with Crippen LogP contribution in [0.15, 0.2) is 18.2 Å². The highest BCUT2D eigenvalue weighted by molar-refractivity contribution is 5.26. The Morgan fingerprint density at radius 3 is 2.53 bits per heavy atom. The zero-order chi connectivity index (χ0) is 11.6. The van der Waals surface area contributed by atoms with Crippen molar-refractivity contribution >= 4 is 0 Å². The van der Waals surface area contributed by atoms with E-state index in [1.165, 1.54) is 13.0 Å². The third kappa shape index (κ3) is 2.55. The van der Waals surface area contributed by atoms with Gasteiger partial charge < -0.3 is 10.2 Å². The number of aryl methyl sites for hydroxylation is 1. The molecule has 2 N–H and O–H groups in total. The fourth-order valence-electron chi connectivity index (χ4n) is 1.33. The number of aliphatic hydroxyl groups excluding tert-OH is 1. The summed E-state index contributed by atoms with van der Waals surface area (Å²) in [5, 5.41) is 19.7. The van der Waals surface area contributed by atoms with E-state index in [0.717, 1.165) is 0 Å². The first-order valence-electron chi connectivity index (χ1n) is 5.05. The van der Waals surface area contributed by atoms with Gasteiger partial charge in [0.25, 0.3) is 0 Å². The van der Waals surface area contributed by atoms with Crippen LogP contribution in [-0.4, -0.2) is 15.8 Å². The van der Waals surface area contributed by atoms with Crippen molar-refractivity contribution in [1.82, 2.24) is 0 Å². The molecule has 0 aromatic heterocycles. The van der Waals surface area contributed by atoms with Crippen molar-refractivity contribution in [2.45, 2.75) is 38.9 Å². The van der Waals surface area contributed by atoms with E-state index in [4.69, 9.17) is 0 Å². The predicted octanol–water partition coefficient (Wildman–Crippen LogP) is 2.33. The molecule has 2 nitrogen and oxygen atoms in total. The van der Waals surface area contributed by atoms with E-state index in [0.29, 0.717) is 17.5 Å². The second-order valence-corrected chi connectivity index (χ2v) is 4.12. The Balaban J connectivity index is 3.02. The molecule has 0 aliphatic heterocycles. The van der Waals surface area contributed by atoms with Crippen LogP contribution >= 0.6 is 0 Å². The van der Waals surface area contributed by atoms with Crippen molar-refractivity contribution in [3.05, 3.63) is 35.1 Å². The first-order valence-corrected chi connectivity index (χ1v) is 5.05. The molecule has 0 heterocycles. The second-order valence-electron chi connectivity index (χ2n) is 4.12. The molecule has 2 atom stereocenters. The second kappa shape index (κ2) is 4.29. The Kier molecular flexibility index (Phi) is 3.47. The van der Waals surface area contributed by atoms with Crippen molar-refractivity contribution in [2.75, 3.05) is 0 Å². The van der Waals surface area contributed by atoms with Gasteiger partial charge in [0.15, 0.2) is 0 Å². The number of hydrogen-bond donors (Lipinski definition) is 2. The Bertz CT molecular complexity index is 347. The van der Waals surface area contributed by atoms with E-state index in [1.54, 1.807) is 26.0 Å². The zero-order valence-electron chi connectivity index (χ0n) is 9.29. The largest absolute Gasteiger partial charge is 0.387 e. The van der Waals surface area contributed by atoms with Crippen LogP contribution in [0.4, 0.5) is 4.39 Å². The number of hydrogen-bond acceptors (Lipinski definition) is 2. The fourth-order valence-corrected chi connectivity index (χ4v) is 1.33. The highest BCUT2D eigenvalue weighted by Crippen LogP contribution is 2.29. The lowest BCUT2D eigenvalue weighted by Gasteiger charge is -2.28. The third-order valence-electron chi connectivity index (χ3n) is 2.82. The summed E-state index contributed by atoms with van der Waals surface area (Å²) in [6, 6.07) is 4.50. The number of benzene rings is 1. The van der Waals surface area contributed by atoms with Gasteiger partial charge in [0.2, 0.25) is 0 Å². The van der Waals surface area contributed by atoms with E-state index in [1.807, 2.05) is 0 Å². The molecule has 0 aliphatic carbocycles. The summed E-state index contributed by atoms with van der Waals surface area (Å²) in [4.78, 5) is 0. The Hall–Kier alpha value is -0.930. The summed E-state index contributed by atoms with van der Waals surface area (Å²) in [6.45, 7) is 4.96. The molecule has 1 aromatic carbocycles. The van der Waals surface area contributed by atoms with E-state index in [2.05, 4.69) is 0 Å². The van der Waals surface area contributed by atoms with Gasteiger partial charge in [0.05, 0.1) is 5.60 Å². The minimum absolute atomic E-state index is 0.363. The average molecular weight is 212 g/mol. The molecule has 0 fully saturated rings. The highest BCUT2D eigenvalue weighted by Gasteiger charge is 2.29. The number of aliphatic hydroxyl groups is 2. The van der Waals surface area contributed by atoms with E-state index >= 15 is 0 Å². The van der Waals surface area contributed by atoms with Crippen molar-refractivity contribution in [3.8, 4) is 0 Å². The van der Waals surface area contributed by atoms with Gasteiger partial charge in [-0.3, -0.25) is 0 Å². The van der Waals surface area contributed by atoms with Gasteiger partial charge >= 0.3 is 0 Å². The first kappa shape index (κ1) is 12.1. The third-order valence-corrected chi connectivity index (χ3v) is 2.82. The van der Waals surface area contributed by atoms with Crippen LogP contribution in [0.2, 0.25) is 0 Å². The molecular weight excluding hydrogens is 195 g/mol. The van der Waals surface area contributed by atoms with Gasteiger partial charge in [-0.25, -0.2) is 4.39 Å². The van der Waals surface area contributed by atoms with E-state index < -0.39 is 11.7 Å². The fraction of sp³-hybridized carbons (Fsp3) is 0.500. The number of halogens is 1. The van der Waals surface area contributed by atoms with Gasteiger partial charge in [-0.15, -0.1) is 0 Å². The van der Waals surface area contributed by atoms with Crippen LogP contribution in [0.1, 0.15) is 37.5 Å². The van der Waals surface area contributed by atoms with E-state index in [-0.39, 0.29) is 5.82 Å². The van der Waals surface area contributed by atoms with Crippen molar-refractivity contribution in [2.24, 2.45) is 0 Å². The molecule has 2 unspecified atom stereocenters. The molecular formula is C12H17FO2. The maximum atomic E-state index is 13.2. The van der Waals surface area contributed by atoms with Gasteiger partial charge in [-0.2, -0.15) is 0 Å². The molecule has 0 radical (unpaired) electrons. The predicted molar refractivity (Wildman–Crippen MR) is 57.0 cm³/mol. The molecule has 1 aromatic rings. The Morgan fingerprint density at radius 1 is 1.47 bits per heavy atom. The van der Waals surface area contributed by atoms with Gasteiger partial charge in [0.1, 0.15) is 11.9 Å². The smallest absolute Gasteiger partial charge is 0.126 e. The van der Waals surface area contributed by atoms with Crippen LogP contribution < -0.4 is 0 Å². The number of rotatable bonds is 3. The van der Waals surface area contributed by atoms with Crippen molar-refractivity contribution < 1.29 is 14.6 Å². The van der Waals surface area contributed by atoms with Gasteiger partial charge in [-0.1, -0.05) is 19.1 Å². The Labute approximate surface area is 89.4 Å². The normalized spacial score (nSPS) is 17.2.